The fourth-order valence-corrected chi connectivity index (χ4v) is 1.64. The molecule has 1 nitrogen and oxygen atoms in total. The van der Waals surface area contributed by atoms with Crippen molar-refractivity contribution in [3.05, 3.63) is 11.8 Å². The molecule has 0 saturated heterocycles. The maximum absolute atomic E-state index is 3.33. The van der Waals surface area contributed by atoms with Crippen molar-refractivity contribution >= 4 is 0 Å². The van der Waals surface area contributed by atoms with Crippen molar-refractivity contribution in [2.24, 2.45) is 0 Å². The van der Waals surface area contributed by atoms with E-state index in [4.69, 9.17) is 0 Å². The van der Waals surface area contributed by atoms with Gasteiger partial charge in [0.25, 0.3) is 0 Å². The fraction of sp³-hybridized carbons (Fsp3) is 0.857. The fourth-order valence-electron chi connectivity index (χ4n) is 1.64. The van der Waals surface area contributed by atoms with Crippen LogP contribution < -0.4 is 5.32 Å². The standard InChI is InChI=1S/C14H29N/c1-4-5-6-7-8-9-10-11-12-15-13-14(2)3/h13,15H,4-12H2,1-3H3. The van der Waals surface area contributed by atoms with Gasteiger partial charge in [0.2, 0.25) is 0 Å². The molecule has 0 amide bonds. The predicted molar refractivity (Wildman–Crippen MR) is 70.0 cm³/mol. The van der Waals surface area contributed by atoms with Crippen LogP contribution in [0, 0.1) is 0 Å². The molecule has 0 spiro atoms. The lowest BCUT2D eigenvalue weighted by Gasteiger charge is -2.02. The van der Waals surface area contributed by atoms with Crippen LogP contribution in [0.2, 0.25) is 0 Å². The maximum atomic E-state index is 3.33. The van der Waals surface area contributed by atoms with Crippen LogP contribution in [-0.2, 0) is 0 Å². The Morgan fingerprint density at radius 3 is 1.93 bits per heavy atom. The van der Waals surface area contributed by atoms with Gasteiger partial charge in [-0.25, -0.2) is 0 Å². The second kappa shape index (κ2) is 11.6. The number of unbranched alkanes of at least 4 members (excludes halogenated alkanes) is 7. The van der Waals surface area contributed by atoms with Crippen LogP contribution in [-0.4, -0.2) is 6.54 Å². The lowest BCUT2D eigenvalue weighted by Crippen LogP contribution is -2.07. The van der Waals surface area contributed by atoms with E-state index in [9.17, 15) is 0 Å². The summed E-state index contributed by atoms with van der Waals surface area (Å²) in [6.07, 6.45) is 13.3. The second-order valence-corrected chi connectivity index (χ2v) is 4.65. The summed E-state index contributed by atoms with van der Waals surface area (Å²) in [5.74, 6) is 0. The summed E-state index contributed by atoms with van der Waals surface area (Å²) in [6.45, 7) is 7.66. The molecule has 15 heavy (non-hydrogen) atoms. The molecule has 0 heterocycles. The number of hydrogen-bond acceptors (Lipinski definition) is 1. The average Bonchev–Trinajstić information content (AvgIpc) is 2.20. The molecule has 0 fully saturated rings. The van der Waals surface area contributed by atoms with E-state index in [1.54, 1.807) is 0 Å². The molecule has 0 aromatic carbocycles. The number of allylic oxidation sites excluding steroid dienone is 1. The van der Waals surface area contributed by atoms with Crippen molar-refractivity contribution in [1.29, 1.82) is 0 Å². The number of nitrogens with one attached hydrogen (secondary N) is 1. The minimum absolute atomic E-state index is 1.14. The van der Waals surface area contributed by atoms with Crippen molar-refractivity contribution in [2.45, 2.75) is 72.1 Å². The van der Waals surface area contributed by atoms with Gasteiger partial charge in [-0.1, -0.05) is 57.4 Å². The van der Waals surface area contributed by atoms with E-state index in [-0.39, 0.29) is 0 Å². The van der Waals surface area contributed by atoms with Crippen LogP contribution in [0.15, 0.2) is 11.8 Å². The monoisotopic (exact) mass is 211 g/mol. The zero-order chi connectivity index (χ0) is 11.4. The summed E-state index contributed by atoms with van der Waals surface area (Å²) in [6, 6.07) is 0. The maximum Gasteiger partial charge on any atom is 0.0141 e. The number of rotatable bonds is 10. The highest BCUT2D eigenvalue weighted by atomic mass is 14.8. The number of hydrogen-bond donors (Lipinski definition) is 1. The molecule has 90 valence electrons. The topological polar surface area (TPSA) is 12.0 Å². The van der Waals surface area contributed by atoms with Crippen molar-refractivity contribution in [3.63, 3.8) is 0 Å². The van der Waals surface area contributed by atoms with Crippen molar-refractivity contribution in [2.75, 3.05) is 6.54 Å². The van der Waals surface area contributed by atoms with Crippen LogP contribution in [0.3, 0.4) is 0 Å². The van der Waals surface area contributed by atoms with Gasteiger partial charge < -0.3 is 5.32 Å². The van der Waals surface area contributed by atoms with E-state index in [1.165, 1.54) is 56.9 Å². The zero-order valence-corrected chi connectivity index (χ0v) is 10.9. The second-order valence-electron chi connectivity index (χ2n) is 4.65. The Hall–Kier alpha value is -0.460. The summed E-state index contributed by atoms with van der Waals surface area (Å²) in [5.41, 5.74) is 1.36. The molecule has 0 unspecified atom stereocenters. The molecule has 0 aliphatic heterocycles. The van der Waals surface area contributed by atoms with Gasteiger partial charge in [-0.2, -0.15) is 0 Å². The normalized spacial score (nSPS) is 10.1. The molecule has 0 bridgehead atoms. The highest BCUT2D eigenvalue weighted by molar-refractivity contribution is 4.90. The van der Waals surface area contributed by atoms with Gasteiger partial charge in [-0.15, -0.1) is 0 Å². The predicted octanol–water partition coefficient (Wildman–Crippen LogP) is 4.64. The summed E-state index contributed by atoms with van der Waals surface area (Å²) in [7, 11) is 0. The lowest BCUT2D eigenvalue weighted by molar-refractivity contribution is 0.570. The molecule has 1 N–H and O–H groups in total. The van der Waals surface area contributed by atoms with E-state index in [0.29, 0.717) is 0 Å². The van der Waals surface area contributed by atoms with E-state index in [2.05, 4.69) is 32.3 Å². The van der Waals surface area contributed by atoms with Crippen LogP contribution in [0.4, 0.5) is 0 Å². The molecule has 0 saturated carbocycles. The molecular weight excluding hydrogens is 182 g/mol. The first kappa shape index (κ1) is 14.5. The van der Waals surface area contributed by atoms with Gasteiger partial charge >= 0.3 is 0 Å². The van der Waals surface area contributed by atoms with Gasteiger partial charge in [-0.3, -0.25) is 0 Å². The SMILES string of the molecule is CCCCCCCCCCNC=C(C)C. The first-order valence-corrected chi connectivity index (χ1v) is 6.64. The molecular formula is C14H29N. The van der Waals surface area contributed by atoms with E-state index in [0.717, 1.165) is 6.54 Å². The third kappa shape index (κ3) is 13.5. The van der Waals surface area contributed by atoms with Crippen LogP contribution in [0.1, 0.15) is 72.1 Å². The quantitative estimate of drug-likeness (QED) is 0.519. The van der Waals surface area contributed by atoms with E-state index < -0.39 is 0 Å². The highest BCUT2D eigenvalue weighted by Crippen LogP contribution is 2.07. The minimum atomic E-state index is 1.14. The van der Waals surface area contributed by atoms with Gasteiger partial charge in [0.05, 0.1) is 0 Å². The van der Waals surface area contributed by atoms with Gasteiger partial charge in [0.15, 0.2) is 0 Å². The first-order chi connectivity index (χ1) is 7.27. The van der Waals surface area contributed by atoms with Crippen molar-refractivity contribution in [3.8, 4) is 0 Å². The summed E-state index contributed by atoms with van der Waals surface area (Å²) >= 11 is 0. The van der Waals surface area contributed by atoms with Crippen LogP contribution in [0.25, 0.3) is 0 Å². The van der Waals surface area contributed by atoms with Gasteiger partial charge in [0.1, 0.15) is 0 Å². The Kier molecular flexibility index (Phi) is 11.3. The molecule has 0 aliphatic rings. The summed E-state index contributed by atoms with van der Waals surface area (Å²) < 4.78 is 0. The largest absolute Gasteiger partial charge is 0.391 e. The molecule has 0 aliphatic carbocycles. The smallest absolute Gasteiger partial charge is 0.0141 e. The van der Waals surface area contributed by atoms with E-state index >= 15 is 0 Å². The van der Waals surface area contributed by atoms with Crippen LogP contribution in [0.5, 0.6) is 0 Å². The van der Waals surface area contributed by atoms with Gasteiger partial charge in [0, 0.05) is 6.54 Å². The Bertz CT molecular complexity index is 145. The molecule has 0 rings (SSSR count). The summed E-state index contributed by atoms with van der Waals surface area (Å²) in [5, 5.41) is 3.33. The molecule has 0 atom stereocenters. The average molecular weight is 211 g/mol. The van der Waals surface area contributed by atoms with Crippen molar-refractivity contribution < 1.29 is 0 Å². The molecule has 0 aromatic rings. The molecule has 0 aromatic heterocycles. The Labute approximate surface area is 96.3 Å². The Morgan fingerprint density at radius 2 is 1.40 bits per heavy atom. The molecule has 0 radical (unpaired) electrons. The minimum Gasteiger partial charge on any atom is -0.391 e. The van der Waals surface area contributed by atoms with E-state index in [1.807, 2.05) is 0 Å². The van der Waals surface area contributed by atoms with Gasteiger partial charge in [-0.05, 0) is 26.5 Å². The molecule has 1 heteroatoms. The van der Waals surface area contributed by atoms with Crippen LogP contribution >= 0.6 is 0 Å². The zero-order valence-electron chi connectivity index (χ0n) is 10.9. The Morgan fingerprint density at radius 1 is 0.867 bits per heavy atom. The lowest BCUT2D eigenvalue weighted by atomic mass is 10.1. The first-order valence-electron chi connectivity index (χ1n) is 6.64. The summed E-state index contributed by atoms with van der Waals surface area (Å²) in [4.78, 5) is 0. The highest BCUT2D eigenvalue weighted by Gasteiger charge is 1.90. The third-order valence-corrected chi connectivity index (χ3v) is 2.57. The van der Waals surface area contributed by atoms with Crippen molar-refractivity contribution in [1.82, 2.24) is 5.32 Å². The Balaban J connectivity index is 2.96. The third-order valence-electron chi connectivity index (χ3n) is 2.57.